The van der Waals surface area contributed by atoms with E-state index in [0.29, 0.717) is 6.42 Å². The number of aliphatic hydroxyl groups excluding tert-OH is 6. The van der Waals surface area contributed by atoms with E-state index in [2.05, 4.69) is 5.16 Å². The minimum atomic E-state index is -2.11. The number of cyclic esters (lactones) is 1. The Balaban J connectivity index is 1.90. The van der Waals surface area contributed by atoms with Gasteiger partial charge in [-0.15, -0.1) is 0 Å². The number of aliphatic hydroxyl groups is 8. The van der Waals surface area contributed by atoms with E-state index in [1.165, 1.54) is 28.1 Å². The predicted molar refractivity (Wildman–Crippen MR) is 228 cm³/mol. The molecule has 0 bridgehead atoms. The van der Waals surface area contributed by atoms with Crippen LogP contribution in [0.15, 0.2) is 5.16 Å². The number of esters is 1. The zero-order valence-electron chi connectivity index (χ0n) is 40.1. The molecule has 0 aromatic carbocycles. The number of oxime groups is 1. The highest BCUT2D eigenvalue weighted by molar-refractivity contribution is 5.88. The zero-order chi connectivity index (χ0) is 48.4. The Bertz CT molecular complexity index is 1520. The van der Waals surface area contributed by atoms with Gasteiger partial charge >= 0.3 is 5.97 Å². The van der Waals surface area contributed by atoms with Crippen molar-refractivity contribution in [2.75, 3.05) is 34.9 Å². The van der Waals surface area contributed by atoms with Crippen molar-refractivity contribution in [3.8, 4) is 0 Å². The van der Waals surface area contributed by atoms with Gasteiger partial charge in [-0.05, 0) is 74.9 Å². The van der Waals surface area contributed by atoms with Crippen LogP contribution in [0.25, 0.3) is 0 Å². The number of methoxy groups -OCH3 is 2. The van der Waals surface area contributed by atoms with Gasteiger partial charge in [0.05, 0.1) is 60.0 Å². The quantitative estimate of drug-likeness (QED) is 0.100. The monoisotopic (exact) mass is 925 g/mol. The third-order valence-corrected chi connectivity index (χ3v) is 14.2. The summed E-state index contributed by atoms with van der Waals surface area (Å²) in [6.07, 6.45) is -17.8. The summed E-state index contributed by atoms with van der Waals surface area (Å²) in [5.74, 6) is -4.79. The van der Waals surface area contributed by atoms with Crippen LogP contribution < -0.4 is 0 Å². The highest BCUT2D eigenvalue weighted by Gasteiger charge is 2.54. The molecule has 4 rings (SSSR count). The SMILES string of the molecule is CCC1OC(=O)[C@H](C)C(O[C@H]2C[C@@](C)(OC)[C@@H](O)[C@H](C)O2)[C@H](C)[C@@H](O[C@@H]2O[C@H](C)C[C@H](N(C)C)[C@H]2O)[C@](C)(O)C[C@@H](C)/C(=N\O[C@@H]2[C@H](OC)O[C@H](CO)[C@@H](O)[C@@H]2O)[C@H](C)[C@@H](O)[C@]1(C)O. The molecule has 23 atom stereocenters. The Labute approximate surface area is 378 Å². The summed E-state index contributed by atoms with van der Waals surface area (Å²) in [4.78, 5) is 22.2. The molecule has 4 aliphatic rings. The van der Waals surface area contributed by atoms with Crippen molar-refractivity contribution >= 4 is 11.7 Å². The first-order chi connectivity index (χ1) is 29.7. The summed E-state index contributed by atoms with van der Waals surface area (Å²) in [6.45, 7) is 15.7. The maximum Gasteiger partial charge on any atom is 0.311 e. The molecule has 0 aromatic heterocycles. The first-order valence-corrected chi connectivity index (χ1v) is 22.6. The predicted octanol–water partition coefficient (Wildman–Crippen LogP) is 0.0431. The summed E-state index contributed by atoms with van der Waals surface area (Å²) in [7, 11) is 6.40. The van der Waals surface area contributed by atoms with E-state index in [9.17, 15) is 45.6 Å². The van der Waals surface area contributed by atoms with Crippen molar-refractivity contribution in [1.82, 2.24) is 4.90 Å². The van der Waals surface area contributed by atoms with Gasteiger partial charge in [0.15, 0.2) is 18.9 Å². The van der Waals surface area contributed by atoms with E-state index < -0.39 is 139 Å². The van der Waals surface area contributed by atoms with Crippen molar-refractivity contribution in [1.29, 1.82) is 0 Å². The van der Waals surface area contributed by atoms with Gasteiger partial charge in [-0.25, -0.2) is 0 Å². The normalized spacial score (nSPS) is 49.9. The van der Waals surface area contributed by atoms with Crippen molar-refractivity contribution < 1.29 is 88.4 Å². The maximum atomic E-state index is 14.5. The number of ether oxygens (including phenoxy) is 8. The lowest BCUT2D eigenvalue weighted by atomic mass is 9.73. The van der Waals surface area contributed by atoms with Crippen LogP contribution >= 0.6 is 0 Å². The Morgan fingerprint density at radius 2 is 1.45 bits per heavy atom. The summed E-state index contributed by atoms with van der Waals surface area (Å²) in [5.41, 5.74) is -5.04. The molecule has 0 aliphatic carbocycles. The number of rotatable bonds is 11. The van der Waals surface area contributed by atoms with Crippen LogP contribution in [0.4, 0.5) is 0 Å². The summed E-state index contributed by atoms with van der Waals surface area (Å²) in [6, 6.07) is -0.388. The summed E-state index contributed by atoms with van der Waals surface area (Å²) >= 11 is 0. The minimum Gasteiger partial charge on any atom is -0.459 e. The van der Waals surface area contributed by atoms with Crippen LogP contribution in [0.1, 0.15) is 94.9 Å². The molecule has 4 heterocycles. The van der Waals surface area contributed by atoms with Crippen molar-refractivity contribution in [2.45, 2.75) is 210 Å². The molecule has 374 valence electrons. The second-order valence-electron chi connectivity index (χ2n) is 19.6. The molecule has 0 saturated carbocycles. The lowest BCUT2D eigenvalue weighted by molar-refractivity contribution is -0.318. The first kappa shape index (κ1) is 54.9. The van der Waals surface area contributed by atoms with E-state index in [4.69, 9.17) is 42.7 Å². The topological polar surface area (TPSA) is 278 Å². The van der Waals surface area contributed by atoms with Gasteiger partial charge < -0.3 is 88.5 Å². The number of nitrogens with zero attached hydrogens (tertiary/aromatic N) is 2. The summed E-state index contributed by atoms with van der Waals surface area (Å²) in [5, 5.41) is 95.8. The van der Waals surface area contributed by atoms with Gasteiger partial charge in [0.25, 0.3) is 0 Å². The molecule has 64 heavy (non-hydrogen) atoms. The highest BCUT2D eigenvalue weighted by Crippen LogP contribution is 2.41. The average Bonchev–Trinajstić information content (AvgIpc) is 3.23. The Hall–Kier alpha value is -1.70. The van der Waals surface area contributed by atoms with Crippen LogP contribution in [0, 0.1) is 23.7 Å². The number of hydrogen-bond acceptors (Lipinski definition) is 20. The van der Waals surface area contributed by atoms with E-state index in [0.717, 1.165) is 0 Å². The molecular weight excluding hydrogens is 844 g/mol. The fraction of sp³-hybridized carbons (Fsp3) is 0.955. The first-order valence-electron chi connectivity index (χ1n) is 22.6. The fourth-order valence-corrected chi connectivity index (χ4v) is 10.1. The minimum absolute atomic E-state index is 0.0456. The van der Waals surface area contributed by atoms with Gasteiger partial charge in [0, 0.05) is 44.4 Å². The van der Waals surface area contributed by atoms with E-state index >= 15 is 0 Å². The molecule has 0 amide bonds. The van der Waals surface area contributed by atoms with Crippen molar-refractivity contribution in [3.05, 3.63) is 0 Å². The zero-order valence-corrected chi connectivity index (χ0v) is 40.1. The maximum absolute atomic E-state index is 14.5. The molecule has 4 saturated heterocycles. The van der Waals surface area contributed by atoms with Gasteiger partial charge in [-0.2, -0.15) is 0 Å². The molecule has 4 fully saturated rings. The largest absolute Gasteiger partial charge is 0.459 e. The van der Waals surface area contributed by atoms with E-state index in [-0.39, 0.29) is 37.1 Å². The van der Waals surface area contributed by atoms with E-state index in [1.807, 2.05) is 25.9 Å². The number of likely N-dealkylation sites (N-methyl/N-ethyl adjacent to an activating group) is 1. The van der Waals surface area contributed by atoms with Crippen molar-refractivity contribution in [2.24, 2.45) is 28.8 Å². The molecule has 20 heteroatoms. The van der Waals surface area contributed by atoms with Crippen LogP contribution in [-0.4, -0.2) is 207 Å². The fourth-order valence-electron chi connectivity index (χ4n) is 10.1. The molecule has 0 aromatic rings. The molecule has 0 radical (unpaired) electrons. The van der Waals surface area contributed by atoms with Crippen LogP contribution in [0.2, 0.25) is 0 Å². The number of carbonyl (C=O) groups is 1. The van der Waals surface area contributed by atoms with Gasteiger partial charge in [0.2, 0.25) is 6.10 Å². The molecule has 2 unspecified atom stereocenters. The van der Waals surface area contributed by atoms with E-state index in [1.54, 1.807) is 48.5 Å². The molecule has 4 aliphatic heterocycles. The van der Waals surface area contributed by atoms with Gasteiger partial charge in [-0.3, -0.25) is 4.79 Å². The Morgan fingerprint density at radius 1 is 0.812 bits per heavy atom. The van der Waals surface area contributed by atoms with Crippen LogP contribution in [0.3, 0.4) is 0 Å². The Kier molecular flexibility index (Phi) is 19.0. The highest BCUT2D eigenvalue weighted by atomic mass is 16.7. The van der Waals surface area contributed by atoms with Gasteiger partial charge in [-0.1, -0.05) is 32.9 Å². The Morgan fingerprint density at radius 3 is 2.02 bits per heavy atom. The standard InChI is InChI=1S/C44H80N2O18/c1-15-28-44(10,55)36(51)22(4)30(45-64-35-33(50)32(49)27(19-47)60-41(35)56-13)20(2)17-42(8,54)38(63-40-31(48)26(46(11)12)16-21(3)58-40)23(5)34(24(6)39(53)61-28)62-29-18-43(9,57-14)37(52)25(7)59-29/h20-29,31-38,40-41,47-52,54-55H,15-19H2,1-14H3/b45-30+/t20-,21-,22+,23+,24-,25+,26+,27-,28?,29+,31-,32-,33+,34?,35+,36-,37+,38-,40+,41-,42-,43-,44-/m1/s1. The lowest BCUT2D eigenvalue weighted by Gasteiger charge is -2.49. The summed E-state index contributed by atoms with van der Waals surface area (Å²) < 4.78 is 48.7. The smallest absolute Gasteiger partial charge is 0.311 e. The number of carbonyl (C=O) groups excluding carboxylic acids is 1. The molecule has 0 spiro atoms. The molecule has 20 nitrogen and oxygen atoms in total. The molecule has 8 N–H and O–H groups in total. The second kappa shape index (κ2) is 22.2. The van der Waals surface area contributed by atoms with Crippen LogP contribution in [0.5, 0.6) is 0 Å². The lowest BCUT2D eigenvalue weighted by Crippen LogP contribution is -2.61. The average molecular weight is 925 g/mol. The van der Waals surface area contributed by atoms with Crippen molar-refractivity contribution in [3.63, 3.8) is 0 Å². The van der Waals surface area contributed by atoms with Crippen LogP contribution in [-0.2, 0) is 47.5 Å². The number of hydrogen-bond donors (Lipinski definition) is 8. The third kappa shape index (κ3) is 11.8. The van der Waals surface area contributed by atoms with Gasteiger partial charge in [0.1, 0.15) is 42.2 Å². The second-order valence-corrected chi connectivity index (χ2v) is 19.6. The third-order valence-electron chi connectivity index (χ3n) is 14.2. The molecular formula is C44H80N2O18.